The zero-order valence-electron chi connectivity index (χ0n) is 7.42. The van der Waals surface area contributed by atoms with Crippen LogP contribution in [0.4, 0.5) is 0 Å². The molecule has 3 heteroatoms. The van der Waals surface area contributed by atoms with Crippen LogP contribution >= 0.6 is 0 Å². The third kappa shape index (κ3) is 2.50. The molecule has 0 aromatic heterocycles. The average molecular weight is 159 g/mol. The summed E-state index contributed by atoms with van der Waals surface area (Å²) in [6.45, 7) is 5.46. The van der Waals surface area contributed by atoms with Crippen LogP contribution in [0.5, 0.6) is 0 Å². The van der Waals surface area contributed by atoms with Gasteiger partial charge in [-0.1, -0.05) is 20.3 Å². The number of carboxylic acid groups (broad SMARTS) is 1. The van der Waals surface area contributed by atoms with Gasteiger partial charge >= 0.3 is 5.97 Å². The van der Waals surface area contributed by atoms with E-state index in [1.807, 2.05) is 13.8 Å². The molecule has 0 aliphatic rings. The molecule has 3 N–H and O–H groups in total. The summed E-state index contributed by atoms with van der Waals surface area (Å²) < 4.78 is 0. The van der Waals surface area contributed by atoms with Gasteiger partial charge < -0.3 is 10.8 Å². The van der Waals surface area contributed by atoms with Gasteiger partial charge in [-0.3, -0.25) is 4.79 Å². The Kier molecular flexibility index (Phi) is 3.52. The number of rotatable bonds is 4. The Balaban J connectivity index is 4.17. The van der Waals surface area contributed by atoms with Gasteiger partial charge in [-0.15, -0.1) is 0 Å². The highest BCUT2D eigenvalue weighted by molar-refractivity contribution is 5.78. The molecule has 66 valence electrons. The lowest BCUT2D eigenvalue weighted by molar-refractivity contribution is -0.144. The molecular formula is C8H17NO2. The highest BCUT2D eigenvalue weighted by atomic mass is 16.4. The van der Waals surface area contributed by atoms with Crippen LogP contribution in [0, 0.1) is 5.92 Å². The molecule has 0 aromatic carbocycles. The Morgan fingerprint density at radius 3 is 2.45 bits per heavy atom. The van der Waals surface area contributed by atoms with Crippen molar-refractivity contribution in [2.45, 2.75) is 39.2 Å². The molecule has 0 saturated carbocycles. The van der Waals surface area contributed by atoms with Gasteiger partial charge in [0, 0.05) is 0 Å². The second-order valence-electron chi connectivity index (χ2n) is 3.28. The van der Waals surface area contributed by atoms with Crippen LogP contribution in [0.2, 0.25) is 0 Å². The minimum Gasteiger partial charge on any atom is -0.480 e. The Bertz CT molecular complexity index is 143. The maximum atomic E-state index is 10.6. The van der Waals surface area contributed by atoms with E-state index < -0.39 is 11.5 Å². The van der Waals surface area contributed by atoms with E-state index in [4.69, 9.17) is 10.8 Å². The molecule has 0 fully saturated rings. The first-order chi connectivity index (χ1) is 4.92. The summed E-state index contributed by atoms with van der Waals surface area (Å²) in [6, 6.07) is 0. The van der Waals surface area contributed by atoms with Gasteiger partial charge in [0.05, 0.1) is 0 Å². The maximum Gasteiger partial charge on any atom is 0.323 e. The molecule has 0 heterocycles. The predicted octanol–water partition coefficient (Wildman–Crippen LogP) is 1.22. The van der Waals surface area contributed by atoms with Gasteiger partial charge in [0.1, 0.15) is 5.54 Å². The second-order valence-corrected chi connectivity index (χ2v) is 3.28. The van der Waals surface area contributed by atoms with E-state index in [0.717, 1.165) is 12.8 Å². The summed E-state index contributed by atoms with van der Waals surface area (Å²) >= 11 is 0. The topological polar surface area (TPSA) is 63.3 Å². The molecule has 0 spiro atoms. The Morgan fingerprint density at radius 1 is 1.73 bits per heavy atom. The molecule has 3 nitrogen and oxygen atoms in total. The number of aliphatic carboxylic acids is 1. The van der Waals surface area contributed by atoms with Crippen molar-refractivity contribution in [3.63, 3.8) is 0 Å². The molecule has 0 radical (unpaired) electrons. The fourth-order valence-electron chi connectivity index (χ4n) is 0.944. The summed E-state index contributed by atoms with van der Waals surface area (Å²) in [6.07, 6.45) is 1.83. The summed E-state index contributed by atoms with van der Waals surface area (Å²) in [4.78, 5) is 10.6. The van der Waals surface area contributed by atoms with Crippen molar-refractivity contribution in [3.8, 4) is 0 Å². The van der Waals surface area contributed by atoms with E-state index in [0.29, 0.717) is 0 Å². The van der Waals surface area contributed by atoms with E-state index in [1.165, 1.54) is 0 Å². The zero-order valence-corrected chi connectivity index (χ0v) is 7.42. The quantitative estimate of drug-likeness (QED) is 0.648. The van der Waals surface area contributed by atoms with Crippen LogP contribution in [-0.2, 0) is 4.79 Å². The zero-order chi connectivity index (χ0) is 9.07. The molecule has 0 amide bonds. The van der Waals surface area contributed by atoms with E-state index >= 15 is 0 Å². The molecule has 0 aromatic rings. The molecule has 2 atom stereocenters. The van der Waals surface area contributed by atoms with Crippen molar-refractivity contribution in [1.29, 1.82) is 0 Å². The number of hydrogen-bond donors (Lipinski definition) is 2. The van der Waals surface area contributed by atoms with E-state index in [-0.39, 0.29) is 5.92 Å². The van der Waals surface area contributed by atoms with Crippen LogP contribution in [0.3, 0.4) is 0 Å². The minimum absolute atomic E-state index is 0.0324. The normalized spacial score (nSPS) is 18.9. The van der Waals surface area contributed by atoms with Gasteiger partial charge in [0.15, 0.2) is 0 Å². The molecule has 2 unspecified atom stereocenters. The van der Waals surface area contributed by atoms with Gasteiger partial charge in [-0.05, 0) is 19.3 Å². The summed E-state index contributed by atoms with van der Waals surface area (Å²) in [7, 11) is 0. The minimum atomic E-state index is -1.07. The van der Waals surface area contributed by atoms with Crippen molar-refractivity contribution in [2.75, 3.05) is 0 Å². The molecular weight excluding hydrogens is 142 g/mol. The van der Waals surface area contributed by atoms with Crippen LogP contribution in [-0.4, -0.2) is 16.6 Å². The number of hydrogen-bond acceptors (Lipinski definition) is 2. The standard InChI is InChI=1S/C8H17NO2/c1-4-5-6(2)8(3,9)7(10)11/h6H,4-5,9H2,1-3H3,(H,10,11). The molecule has 0 bridgehead atoms. The Hall–Kier alpha value is -0.570. The molecule has 0 aliphatic carbocycles. The monoisotopic (exact) mass is 159 g/mol. The lowest BCUT2D eigenvalue weighted by atomic mass is 9.85. The van der Waals surface area contributed by atoms with Gasteiger partial charge in [-0.25, -0.2) is 0 Å². The smallest absolute Gasteiger partial charge is 0.323 e. The molecule has 0 rings (SSSR count). The SMILES string of the molecule is CCCC(C)C(C)(N)C(=O)O. The lowest BCUT2D eigenvalue weighted by Gasteiger charge is -2.26. The second kappa shape index (κ2) is 3.72. The first-order valence-corrected chi connectivity index (χ1v) is 3.95. The molecule has 0 aliphatic heterocycles. The fraction of sp³-hybridized carbons (Fsp3) is 0.875. The Labute approximate surface area is 67.6 Å². The van der Waals surface area contributed by atoms with E-state index in [2.05, 4.69) is 0 Å². The largest absolute Gasteiger partial charge is 0.480 e. The maximum absolute atomic E-state index is 10.6. The van der Waals surface area contributed by atoms with Crippen LogP contribution in [0.15, 0.2) is 0 Å². The van der Waals surface area contributed by atoms with Crippen molar-refractivity contribution >= 4 is 5.97 Å². The summed E-state index contributed by atoms with van der Waals surface area (Å²) in [5, 5.41) is 8.71. The van der Waals surface area contributed by atoms with Gasteiger partial charge in [0.2, 0.25) is 0 Å². The molecule has 0 saturated heterocycles. The summed E-state index contributed by atoms with van der Waals surface area (Å²) in [5.74, 6) is -0.886. The van der Waals surface area contributed by atoms with Gasteiger partial charge in [-0.2, -0.15) is 0 Å². The fourth-order valence-corrected chi connectivity index (χ4v) is 0.944. The van der Waals surface area contributed by atoms with Crippen molar-refractivity contribution < 1.29 is 9.90 Å². The van der Waals surface area contributed by atoms with Crippen molar-refractivity contribution in [3.05, 3.63) is 0 Å². The van der Waals surface area contributed by atoms with Gasteiger partial charge in [0.25, 0.3) is 0 Å². The van der Waals surface area contributed by atoms with Crippen LogP contribution in [0.1, 0.15) is 33.6 Å². The lowest BCUT2D eigenvalue weighted by Crippen LogP contribution is -2.50. The first-order valence-electron chi connectivity index (χ1n) is 3.95. The predicted molar refractivity (Wildman–Crippen MR) is 44.3 cm³/mol. The Morgan fingerprint density at radius 2 is 2.18 bits per heavy atom. The first kappa shape index (κ1) is 10.4. The third-order valence-corrected chi connectivity index (χ3v) is 2.21. The van der Waals surface area contributed by atoms with Crippen molar-refractivity contribution in [1.82, 2.24) is 0 Å². The number of nitrogens with two attached hydrogens (primary N) is 1. The highest BCUT2D eigenvalue weighted by Crippen LogP contribution is 2.18. The van der Waals surface area contributed by atoms with E-state index in [1.54, 1.807) is 6.92 Å². The highest BCUT2D eigenvalue weighted by Gasteiger charge is 2.33. The van der Waals surface area contributed by atoms with E-state index in [9.17, 15) is 4.79 Å². The van der Waals surface area contributed by atoms with Crippen LogP contribution in [0.25, 0.3) is 0 Å². The summed E-state index contributed by atoms with van der Waals surface area (Å²) in [5.41, 5.74) is 4.52. The molecule has 11 heavy (non-hydrogen) atoms. The van der Waals surface area contributed by atoms with Crippen LogP contribution < -0.4 is 5.73 Å². The number of carbonyl (C=O) groups is 1. The number of carboxylic acids is 1. The average Bonchev–Trinajstić information content (AvgIpc) is 1.88. The third-order valence-electron chi connectivity index (χ3n) is 2.21. The van der Waals surface area contributed by atoms with Crippen molar-refractivity contribution in [2.24, 2.45) is 11.7 Å².